The van der Waals surface area contributed by atoms with Crippen LogP contribution >= 0.6 is 0 Å². The monoisotopic (exact) mass is 572 g/mol. The topological polar surface area (TPSA) is 70.6 Å². The molecular formula is C36H36N4O3. The minimum atomic E-state index is -0.229. The average Bonchev–Trinajstić information content (AvgIpc) is 3.28. The Morgan fingerprint density at radius 3 is 2.47 bits per heavy atom. The van der Waals surface area contributed by atoms with E-state index in [0.29, 0.717) is 29.1 Å². The summed E-state index contributed by atoms with van der Waals surface area (Å²) in [5, 5.41) is 5.28. The lowest BCUT2D eigenvalue weighted by Crippen LogP contribution is -2.21. The normalized spacial score (nSPS) is 11.4. The van der Waals surface area contributed by atoms with E-state index in [1.807, 2.05) is 76.2 Å². The molecule has 218 valence electrons. The number of aryl methyl sites for hydroxylation is 2. The Morgan fingerprint density at radius 2 is 1.77 bits per heavy atom. The second-order valence-electron chi connectivity index (χ2n) is 10.8. The molecule has 43 heavy (non-hydrogen) atoms. The predicted octanol–water partition coefficient (Wildman–Crippen LogP) is 7.20. The van der Waals surface area contributed by atoms with E-state index in [1.165, 1.54) is 4.68 Å². The van der Waals surface area contributed by atoms with Crippen LogP contribution in [0, 0.1) is 33.1 Å². The number of fused-ring (bicyclic) bond motifs is 1. The van der Waals surface area contributed by atoms with Crippen LogP contribution in [0.5, 0.6) is 11.5 Å². The minimum absolute atomic E-state index is 0.216. The molecule has 0 aliphatic carbocycles. The number of hydrogen-bond acceptors (Lipinski definition) is 5. The van der Waals surface area contributed by atoms with Gasteiger partial charge in [0.2, 0.25) is 0 Å². The smallest absolute Gasteiger partial charge is 0.282 e. The molecule has 2 aromatic heterocycles. The lowest BCUT2D eigenvalue weighted by atomic mass is 9.96. The van der Waals surface area contributed by atoms with Gasteiger partial charge < -0.3 is 14.0 Å². The Morgan fingerprint density at radius 1 is 1.02 bits per heavy atom. The molecule has 3 aromatic carbocycles. The molecule has 0 radical (unpaired) electrons. The van der Waals surface area contributed by atoms with Crippen LogP contribution in [0.15, 0.2) is 76.6 Å². The summed E-state index contributed by atoms with van der Waals surface area (Å²) in [6.07, 6.45) is 7.04. The maximum absolute atomic E-state index is 13.9. The minimum Gasteiger partial charge on any atom is -0.494 e. The number of aromatic nitrogens is 3. The van der Waals surface area contributed by atoms with Crippen LogP contribution in [0.4, 0.5) is 0 Å². The molecule has 0 aliphatic rings. The van der Waals surface area contributed by atoms with Crippen molar-refractivity contribution in [1.82, 2.24) is 14.2 Å². The van der Waals surface area contributed by atoms with E-state index in [0.717, 1.165) is 45.1 Å². The Bertz CT molecular complexity index is 1920. The zero-order valence-corrected chi connectivity index (χ0v) is 25.5. The molecular weight excluding hydrogens is 536 g/mol. The molecule has 0 spiro atoms. The van der Waals surface area contributed by atoms with Crippen LogP contribution in [0.25, 0.3) is 28.0 Å². The average molecular weight is 573 g/mol. The fourth-order valence-electron chi connectivity index (χ4n) is 5.33. The third kappa shape index (κ3) is 5.82. The molecule has 5 aromatic rings. The van der Waals surface area contributed by atoms with Gasteiger partial charge in [0.25, 0.3) is 5.56 Å². The van der Waals surface area contributed by atoms with Crippen molar-refractivity contribution in [3.8, 4) is 40.9 Å². The Balaban J connectivity index is 1.63. The van der Waals surface area contributed by atoms with E-state index in [-0.39, 0.29) is 18.1 Å². The second kappa shape index (κ2) is 12.4. The first kappa shape index (κ1) is 29.4. The number of terminal acetylenes is 1. The molecule has 7 nitrogen and oxygen atoms in total. The molecule has 0 N–H and O–H groups in total. The van der Waals surface area contributed by atoms with Crippen molar-refractivity contribution in [3.05, 3.63) is 105 Å². The van der Waals surface area contributed by atoms with E-state index in [9.17, 15) is 4.79 Å². The molecule has 0 bridgehead atoms. The van der Waals surface area contributed by atoms with Gasteiger partial charge >= 0.3 is 0 Å². The first-order valence-electron chi connectivity index (χ1n) is 14.4. The van der Waals surface area contributed by atoms with Crippen LogP contribution in [-0.2, 0) is 0 Å². The third-order valence-electron chi connectivity index (χ3n) is 7.47. The van der Waals surface area contributed by atoms with Gasteiger partial charge in [-0.15, -0.1) is 6.42 Å². The zero-order valence-electron chi connectivity index (χ0n) is 25.5. The number of hydrogen-bond donors (Lipinski definition) is 0. The maximum Gasteiger partial charge on any atom is 0.282 e. The van der Waals surface area contributed by atoms with Crippen molar-refractivity contribution in [3.63, 3.8) is 0 Å². The molecule has 0 saturated heterocycles. The number of nitrogens with zero attached hydrogens (tertiary/aromatic N) is 4. The third-order valence-corrected chi connectivity index (χ3v) is 7.47. The highest BCUT2D eigenvalue weighted by atomic mass is 16.5. The summed E-state index contributed by atoms with van der Waals surface area (Å²) in [5.41, 5.74) is 7.14. The van der Waals surface area contributed by atoms with Gasteiger partial charge in [-0.1, -0.05) is 31.9 Å². The second-order valence-corrected chi connectivity index (χ2v) is 10.8. The van der Waals surface area contributed by atoms with Crippen LogP contribution in [0.1, 0.15) is 54.8 Å². The molecule has 0 fully saturated rings. The number of benzene rings is 3. The Labute approximate surface area is 252 Å². The van der Waals surface area contributed by atoms with Crippen LogP contribution in [0.2, 0.25) is 0 Å². The summed E-state index contributed by atoms with van der Waals surface area (Å²) in [5.74, 6) is 4.74. The fraction of sp³-hybridized carbons (Fsp3) is 0.250. The summed E-state index contributed by atoms with van der Waals surface area (Å²) in [7, 11) is 0. The molecule has 0 amide bonds. The highest BCUT2D eigenvalue weighted by Gasteiger charge is 2.19. The van der Waals surface area contributed by atoms with Crippen molar-refractivity contribution < 1.29 is 9.47 Å². The zero-order chi connectivity index (χ0) is 30.7. The van der Waals surface area contributed by atoms with Crippen molar-refractivity contribution in [2.45, 2.75) is 47.5 Å². The molecule has 0 aliphatic heterocycles. The fourth-order valence-corrected chi connectivity index (χ4v) is 5.33. The molecule has 5 rings (SSSR count). The SMILES string of the molecule is C#CCOc1ccc(-n2c(C)cc(C=Nn3c(-c4cc(C(C)C)c(OCC)cc4C)nc4ccccc4c3=O)c2C)cc1. The van der Waals surface area contributed by atoms with Crippen molar-refractivity contribution >= 4 is 17.1 Å². The standard InChI is InChI=1S/C36H36N4O3/c1-8-18-43-29-16-14-28(15-17-29)39-25(6)20-27(26(39)7)22-37-40-35(38-33-13-11-10-12-30(33)36(40)41)32-21-31(23(3)4)34(42-9-2)19-24(32)5/h1,10-17,19-23H,9,18H2,2-7H3. The lowest BCUT2D eigenvalue weighted by Gasteiger charge is -2.18. The Kier molecular flexibility index (Phi) is 8.49. The largest absolute Gasteiger partial charge is 0.494 e. The van der Waals surface area contributed by atoms with Crippen LogP contribution in [-0.4, -0.2) is 33.7 Å². The van der Waals surface area contributed by atoms with Crippen LogP contribution < -0.4 is 15.0 Å². The highest BCUT2D eigenvalue weighted by molar-refractivity contribution is 5.84. The molecule has 0 saturated carbocycles. The van der Waals surface area contributed by atoms with E-state index < -0.39 is 0 Å². The maximum atomic E-state index is 13.9. The van der Waals surface area contributed by atoms with Gasteiger partial charge in [-0.05, 0) is 99.3 Å². The quantitative estimate of drug-likeness (QED) is 0.138. The molecule has 0 atom stereocenters. The summed E-state index contributed by atoms with van der Waals surface area (Å²) in [6.45, 7) is 13.1. The van der Waals surface area contributed by atoms with Gasteiger partial charge in [0.1, 0.15) is 18.1 Å². The van der Waals surface area contributed by atoms with Gasteiger partial charge in [-0.3, -0.25) is 4.79 Å². The molecule has 7 heteroatoms. The summed E-state index contributed by atoms with van der Waals surface area (Å²) < 4.78 is 15.0. The lowest BCUT2D eigenvalue weighted by molar-refractivity contribution is 0.335. The Hall–Kier alpha value is -5.09. The summed E-state index contributed by atoms with van der Waals surface area (Å²) >= 11 is 0. The number of ether oxygens (including phenoxy) is 2. The van der Waals surface area contributed by atoms with Gasteiger partial charge in [0, 0.05) is 28.2 Å². The summed E-state index contributed by atoms with van der Waals surface area (Å²) in [6, 6.07) is 21.3. The van der Waals surface area contributed by atoms with E-state index >= 15 is 0 Å². The highest BCUT2D eigenvalue weighted by Crippen LogP contribution is 2.34. The van der Waals surface area contributed by atoms with E-state index in [1.54, 1.807) is 12.3 Å². The van der Waals surface area contributed by atoms with Crippen LogP contribution in [0.3, 0.4) is 0 Å². The van der Waals surface area contributed by atoms with Gasteiger partial charge in [0.05, 0.1) is 23.7 Å². The van der Waals surface area contributed by atoms with E-state index in [4.69, 9.17) is 26.0 Å². The van der Waals surface area contributed by atoms with Gasteiger partial charge in [0.15, 0.2) is 5.82 Å². The van der Waals surface area contributed by atoms with Gasteiger partial charge in [-0.2, -0.15) is 9.78 Å². The van der Waals surface area contributed by atoms with Crippen molar-refractivity contribution in [1.29, 1.82) is 0 Å². The first-order chi connectivity index (χ1) is 20.7. The van der Waals surface area contributed by atoms with Gasteiger partial charge in [-0.25, -0.2) is 4.98 Å². The number of rotatable bonds is 9. The van der Waals surface area contributed by atoms with Crippen molar-refractivity contribution in [2.75, 3.05) is 13.2 Å². The first-order valence-corrected chi connectivity index (χ1v) is 14.4. The summed E-state index contributed by atoms with van der Waals surface area (Å²) in [4.78, 5) is 18.8. The number of para-hydroxylation sites is 1. The predicted molar refractivity (Wildman–Crippen MR) is 174 cm³/mol. The van der Waals surface area contributed by atoms with E-state index in [2.05, 4.69) is 36.5 Å². The molecule has 2 heterocycles. The van der Waals surface area contributed by atoms with Crippen molar-refractivity contribution in [2.24, 2.45) is 5.10 Å². The molecule has 0 unspecified atom stereocenters.